The Bertz CT molecular complexity index is 1780. The summed E-state index contributed by atoms with van der Waals surface area (Å²) in [5.74, 6) is -2.83. The molecule has 3 aromatic rings. The fourth-order valence-electron chi connectivity index (χ4n) is 5.71. The highest BCUT2D eigenvalue weighted by Crippen LogP contribution is 2.33. The molecular formula is C39H45F3N4O9. The summed E-state index contributed by atoms with van der Waals surface area (Å²) >= 11 is 0. The molecule has 1 aliphatic rings. The van der Waals surface area contributed by atoms with Gasteiger partial charge in [-0.2, -0.15) is 18.4 Å². The average molecular weight is 771 g/mol. The Hall–Kier alpha value is -5.82. The Morgan fingerprint density at radius 2 is 1.65 bits per heavy atom. The van der Waals surface area contributed by atoms with Crippen LogP contribution in [0.5, 0.6) is 11.5 Å². The molecule has 1 heterocycles. The maximum absolute atomic E-state index is 12.5. The number of amides is 1. The summed E-state index contributed by atoms with van der Waals surface area (Å²) < 4.78 is 53.5. The number of esters is 1. The Kier molecular flexibility index (Phi) is 17.3. The van der Waals surface area contributed by atoms with Crippen molar-refractivity contribution >= 4 is 29.5 Å². The van der Waals surface area contributed by atoms with E-state index in [2.05, 4.69) is 27.7 Å². The number of carboxylic acid groups (broad SMARTS) is 2. The third-order valence-corrected chi connectivity index (χ3v) is 8.11. The number of benzene rings is 3. The van der Waals surface area contributed by atoms with Crippen LogP contribution in [0.1, 0.15) is 60.2 Å². The Labute approximate surface area is 317 Å². The first-order chi connectivity index (χ1) is 26.2. The zero-order valence-corrected chi connectivity index (χ0v) is 30.6. The number of nitriles is 1. The lowest BCUT2D eigenvalue weighted by Gasteiger charge is -2.21. The van der Waals surface area contributed by atoms with Gasteiger partial charge in [0.05, 0.1) is 23.4 Å². The van der Waals surface area contributed by atoms with E-state index >= 15 is 0 Å². The van der Waals surface area contributed by atoms with Crippen molar-refractivity contribution in [2.24, 2.45) is 0 Å². The van der Waals surface area contributed by atoms with Gasteiger partial charge in [0.25, 0.3) is 0 Å². The largest absolute Gasteiger partial charge is 0.488 e. The second kappa shape index (κ2) is 21.8. The van der Waals surface area contributed by atoms with Crippen molar-refractivity contribution in [1.82, 2.24) is 10.6 Å². The summed E-state index contributed by atoms with van der Waals surface area (Å²) in [6.45, 7) is 4.35. The maximum atomic E-state index is 12.5. The van der Waals surface area contributed by atoms with Crippen LogP contribution in [0.15, 0.2) is 66.7 Å². The van der Waals surface area contributed by atoms with Crippen LogP contribution in [0.25, 0.3) is 0 Å². The quantitative estimate of drug-likeness (QED) is 0.0930. The fraction of sp³-hybridized carbons (Fsp3) is 0.410. The number of nitrogens with zero attached hydrogens (tertiary/aromatic N) is 2. The van der Waals surface area contributed by atoms with Crippen LogP contribution >= 0.6 is 0 Å². The molecule has 2 atom stereocenters. The molecule has 16 heteroatoms. The predicted octanol–water partition coefficient (Wildman–Crippen LogP) is 5.15. The summed E-state index contributed by atoms with van der Waals surface area (Å²) in [6, 6.07) is 20.6. The van der Waals surface area contributed by atoms with Crippen LogP contribution in [0, 0.1) is 11.3 Å². The van der Waals surface area contributed by atoms with Gasteiger partial charge in [-0.1, -0.05) is 36.4 Å². The molecule has 0 saturated heterocycles. The van der Waals surface area contributed by atoms with Crippen LogP contribution in [0.3, 0.4) is 0 Å². The molecule has 0 fully saturated rings. The summed E-state index contributed by atoms with van der Waals surface area (Å²) in [7, 11) is 0. The monoisotopic (exact) mass is 770 g/mol. The summed E-state index contributed by atoms with van der Waals surface area (Å²) in [4.78, 5) is 45.4. The molecule has 0 bridgehead atoms. The molecule has 1 aliphatic heterocycles. The number of rotatable bonds is 19. The summed E-state index contributed by atoms with van der Waals surface area (Å²) in [5.41, 5.74) is 4.30. The third-order valence-electron chi connectivity index (χ3n) is 8.11. The lowest BCUT2D eigenvalue weighted by molar-refractivity contribution is -0.153. The number of aliphatic carboxylic acids is 2. The van der Waals surface area contributed by atoms with E-state index in [1.54, 1.807) is 42.5 Å². The Morgan fingerprint density at radius 1 is 0.982 bits per heavy atom. The molecular weight excluding hydrogens is 725 g/mol. The molecule has 3 aromatic carbocycles. The topological polar surface area (TPSA) is 188 Å². The van der Waals surface area contributed by atoms with E-state index in [0.29, 0.717) is 43.7 Å². The van der Waals surface area contributed by atoms with Crippen molar-refractivity contribution in [1.29, 1.82) is 5.26 Å². The van der Waals surface area contributed by atoms with Gasteiger partial charge in [0.2, 0.25) is 5.91 Å². The lowest BCUT2D eigenvalue weighted by atomic mass is 9.99. The first-order valence-electron chi connectivity index (χ1n) is 17.6. The number of carbonyl (C=O) groups excluding carboxylic acids is 2. The number of hydrogen-bond donors (Lipinski definition) is 4. The highest BCUT2D eigenvalue weighted by atomic mass is 19.4. The molecule has 0 spiro atoms. The van der Waals surface area contributed by atoms with Crippen LogP contribution in [-0.2, 0) is 32.0 Å². The molecule has 55 heavy (non-hydrogen) atoms. The molecule has 0 radical (unpaired) electrons. The van der Waals surface area contributed by atoms with E-state index in [9.17, 15) is 37.6 Å². The molecule has 0 saturated carbocycles. The van der Waals surface area contributed by atoms with Gasteiger partial charge in [-0.05, 0) is 74.1 Å². The summed E-state index contributed by atoms with van der Waals surface area (Å²) in [6.07, 6.45) is -2.62. The first-order valence-corrected chi connectivity index (χ1v) is 17.6. The zero-order valence-electron chi connectivity index (χ0n) is 30.6. The average Bonchev–Trinajstić information content (AvgIpc) is 3.55. The van der Waals surface area contributed by atoms with Crippen molar-refractivity contribution in [2.45, 2.75) is 64.2 Å². The Morgan fingerprint density at radius 3 is 2.27 bits per heavy atom. The van der Waals surface area contributed by atoms with Crippen molar-refractivity contribution in [3.05, 3.63) is 89.0 Å². The molecule has 1 amide bonds. The Balaban J connectivity index is 0.000000534. The highest BCUT2D eigenvalue weighted by molar-refractivity contribution is 5.89. The lowest BCUT2D eigenvalue weighted by Crippen LogP contribution is -2.39. The predicted molar refractivity (Wildman–Crippen MR) is 195 cm³/mol. The van der Waals surface area contributed by atoms with Gasteiger partial charge in [-0.25, -0.2) is 9.59 Å². The van der Waals surface area contributed by atoms with Crippen LogP contribution in [0.4, 0.5) is 18.9 Å². The minimum atomic E-state index is -4.43. The number of carbonyl (C=O) groups is 4. The number of halogens is 3. The number of ether oxygens (including phenoxy) is 3. The second-order valence-electron chi connectivity index (χ2n) is 12.6. The number of nitrogens with one attached hydrogen (secondary N) is 2. The summed E-state index contributed by atoms with van der Waals surface area (Å²) in [5, 5.41) is 32.2. The maximum Gasteiger partial charge on any atom is 0.422 e. The van der Waals surface area contributed by atoms with Crippen LogP contribution < -0.4 is 25.0 Å². The van der Waals surface area contributed by atoms with E-state index in [4.69, 9.17) is 24.4 Å². The molecule has 4 N–H and O–H groups in total. The van der Waals surface area contributed by atoms with E-state index in [1.807, 2.05) is 19.1 Å². The van der Waals surface area contributed by atoms with Crippen molar-refractivity contribution in [3.63, 3.8) is 0 Å². The number of alkyl halides is 3. The van der Waals surface area contributed by atoms with Gasteiger partial charge < -0.3 is 40.0 Å². The molecule has 296 valence electrons. The first kappa shape index (κ1) is 43.6. The van der Waals surface area contributed by atoms with E-state index in [1.165, 1.54) is 13.0 Å². The van der Waals surface area contributed by atoms with Crippen molar-refractivity contribution < 1.29 is 56.8 Å². The standard InChI is InChI=1S/C32H34F3N3O4.C7H11NO5/c1-23(37-13-17-40-28-10-5-6-11-29(28)42-22-32(33,34)35)18-24-19-26-12-15-38(30(26)27(20-24)21-36)14-7-16-41-31(39)25-8-3-2-4-9-25;1-4(9)8-5(7(12)13)2-3-6(10)11/h2-6,8-11,19-20,23,37H,7,12-18,22H2,1H3;5H,2-3H2,1H3,(H,8,9)(H,10,11)(H,12,13)/t23-;5-/m10/s1. The van der Waals surface area contributed by atoms with E-state index in [-0.39, 0.29) is 43.0 Å². The highest BCUT2D eigenvalue weighted by Gasteiger charge is 2.29. The van der Waals surface area contributed by atoms with Crippen molar-refractivity contribution in [2.75, 3.05) is 44.4 Å². The zero-order chi connectivity index (χ0) is 40.4. The number of para-hydroxylation sites is 2. The fourth-order valence-corrected chi connectivity index (χ4v) is 5.71. The number of fused-ring (bicyclic) bond motifs is 1. The molecule has 13 nitrogen and oxygen atoms in total. The van der Waals surface area contributed by atoms with Gasteiger partial charge in [-0.15, -0.1) is 0 Å². The normalized spacial score (nSPS) is 12.9. The number of hydrogen-bond acceptors (Lipinski definition) is 10. The van der Waals surface area contributed by atoms with Gasteiger partial charge >= 0.3 is 24.1 Å². The molecule has 0 aromatic heterocycles. The van der Waals surface area contributed by atoms with Gasteiger partial charge in [0.15, 0.2) is 18.1 Å². The van der Waals surface area contributed by atoms with E-state index in [0.717, 1.165) is 29.8 Å². The van der Waals surface area contributed by atoms with E-state index < -0.39 is 36.7 Å². The van der Waals surface area contributed by atoms with Crippen molar-refractivity contribution in [3.8, 4) is 17.6 Å². The number of carboxylic acids is 2. The third kappa shape index (κ3) is 15.6. The minimum Gasteiger partial charge on any atom is -0.488 e. The minimum absolute atomic E-state index is 0.0484. The van der Waals surface area contributed by atoms with Gasteiger partial charge in [0.1, 0.15) is 18.7 Å². The number of anilines is 1. The van der Waals surface area contributed by atoms with Crippen LogP contribution in [-0.4, -0.2) is 91.7 Å². The smallest absolute Gasteiger partial charge is 0.422 e. The van der Waals surface area contributed by atoms with Gasteiger partial charge in [-0.3, -0.25) is 9.59 Å². The molecule has 0 unspecified atom stereocenters. The van der Waals surface area contributed by atoms with Gasteiger partial charge in [0, 0.05) is 39.0 Å². The SMILES string of the molecule is CC(=O)N[C@@H](CCC(=O)O)C(=O)O.C[C@H](Cc1cc(C#N)c2c(c1)CCN2CCCOC(=O)c1ccccc1)NCCOc1ccccc1OCC(F)(F)F. The van der Waals surface area contributed by atoms with Crippen LogP contribution in [0.2, 0.25) is 0 Å². The second-order valence-corrected chi connectivity index (χ2v) is 12.6. The molecule has 0 aliphatic carbocycles. The molecule has 4 rings (SSSR count).